The van der Waals surface area contributed by atoms with Gasteiger partial charge in [-0.15, -0.1) is 0 Å². The molecular weight excluding hydrogens is 216 g/mol. The van der Waals surface area contributed by atoms with Gasteiger partial charge in [0.25, 0.3) is 0 Å². The Morgan fingerprint density at radius 3 is 2.29 bits per heavy atom. The smallest absolute Gasteiger partial charge is 0.308 e. The van der Waals surface area contributed by atoms with Crippen LogP contribution in [0.3, 0.4) is 0 Å². The Morgan fingerprint density at radius 1 is 1.12 bits per heavy atom. The zero-order valence-corrected chi connectivity index (χ0v) is 10.1. The van der Waals surface area contributed by atoms with Gasteiger partial charge in [-0.3, -0.25) is 4.79 Å². The maximum atomic E-state index is 11.1. The van der Waals surface area contributed by atoms with Gasteiger partial charge in [-0.05, 0) is 25.0 Å². The molecule has 3 heteroatoms. The Balaban J connectivity index is 2.85. The van der Waals surface area contributed by atoms with Crippen molar-refractivity contribution in [3.05, 3.63) is 35.4 Å². The van der Waals surface area contributed by atoms with E-state index in [4.69, 9.17) is 4.74 Å². The molecule has 3 nitrogen and oxygen atoms in total. The highest BCUT2D eigenvalue weighted by molar-refractivity contribution is 5.96. The minimum atomic E-state index is -0.358. The standard InChI is InChI=1S/C14H14O3/c1-8-9(2)14(17-10(3)15)12-7-5-4-6-11(12)13(8)16/h4-7,16H,1-3H3. The van der Waals surface area contributed by atoms with Gasteiger partial charge in [-0.2, -0.15) is 0 Å². The Labute approximate surface area is 99.6 Å². The van der Waals surface area contributed by atoms with E-state index in [1.807, 2.05) is 38.1 Å². The van der Waals surface area contributed by atoms with Crippen molar-refractivity contribution in [1.29, 1.82) is 0 Å². The van der Waals surface area contributed by atoms with Crippen LogP contribution in [-0.4, -0.2) is 11.1 Å². The molecule has 0 aliphatic heterocycles. The number of rotatable bonds is 1. The van der Waals surface area contributed by atoms with E-state index in [1.165, 1.54) is 6.92 Å². The molecule has 0 aliphatic carbocycles. The lowest BCUT2D eigenvalue weighted by Gasteiger charge is -2.14. The molecule has 0 amide bonds. The highest BCUT2D eigenvalue weighted by Crippen LogP contribution is 2.39. The van der Waals surface area contributed by atoms with Gasteiger partial charge in [-0.1, -0.05) is 24.3 Å². The zero-order valence-electron chi connectivity index (χ0n) is 10.1. The highest BCUT2D eigenvalue weighted by atomic mass is 16.5. The van der Waals surface area contributed by atoms with Gasteiger partial charge in [0.05, 0.1) is 0 Å². The van der Waals surface area contributed by atoms with E-state index >= 15 is 0 Å². The highest BCUT2D eigenvalue weighted by Gasteiger charge is 2.15. The Bertz CT molecular complexity index is 600. The quantitative estimate of drug-likeness (QED) is 0.605. The van der Waals surface area contributed by atoms with Gasteiger partial charge in [-0.25, -0.2) is 0 Å². The monoisotopic (exact) mass is 230 g/mol. The molecule has 1 N–H and O–H groups in total. The lowest BCUT2D eigenvalue weighted by molar-refractivity contribution is -0.131. The third kappa shape index (κ3) is 1.84. The van der Waals surface area contributed by atoms with E-state index in [1.54, 1.807) is 0 Å². The molecule has 0 radical (unpaired) electrons. The lowest BCUT2D eigenvalue weighted by Crippen LogP contribution is -2.04. The molecule has 0 saturated carbocycles. The second-order valence-corrected chi connectivity index (χ2v) is 4.07. The van der Waals surface area contributed by atoms with Crippen LogP contribution in [0.4, 0.5) is 0 Å². The molecule has 0 unspecified atom stereocenters. The number of hydrogen-bond donors (Lipinski definition) is 1. The van der Waals surface area contributed by atoms with Gasteiger partial charge in [0.1, 0.15) is 11.5 Å². The second kappa shape index (κ2) is 4.09. The van der Waals surface area contributed by atoms with E-state index in [0.717, 1.165) is 16.5 Å². The second-order valence-electron chi connectivity index (χ2n) is 4.07. The number of esters is 1. The molecule has 0 heterocycles. The van der Waals surface area contributed by atoms with Crippen LogP contribution in [0.2, 0.25) is 0 Å². The van der Waals surface area contributed by atoms with Crippen LogP contribution >= 0.6 is 0 Å². The molecule has 0 aliphatic rings. The summed E-state index contributed by atoms with van der Waals surface area (Å²) in [5.74, 6) is 0.417. The summed E-state index contributed by atoms with van der Waals surface area (Å²) in [5, 5.41) is 11.5. The molecule has 2 aromatic rings. The van der Waals surface area contributed by atoms with Crippen molar-refractivity contribution >= 4 is 16.7 Å². The zero-order chi connectivity index (χ0) is 12.6. The molecule has 2 aromatic carbocycles. The number of ether oxygens (including phenoxy) is 1. The summed E-state index contributed by atoms with van der Waals surface area (Å²) in [6, 6.07) is 7.34. The Morgan fingerprint density at radius 2 is 1.71 bits per heavy atom. The van der Waals surface area contributed by atoms with E-state index < -0.39 is 0 Å². The Hall–Kier alpha value is -2.03. The number of phenols is 1. The molecule has 0 saturated heterocycles. The fourth-order valence-corrected chi connectivity index (χ4v) is 1.91. The first-order valence-electron chi connectivity index (χ1n) is 5.41. The number of hydrogen-bond acceptors (Lipinski definition) is 3. The van der Waals surface area contributed by atoms with Crippen molar-refractivity contribution < 1.29 is 14.6 Å². The van der Waals surface area contributed by atoms with Crippen molar-refractivity contribution in [2.24, 2.45) is 0 Å². The molecule has 0 spiro atoms. The molecule has 17 heavy (non-hydrogen) atoms. The summed E-state index contributed by atoms with van der Waals surface area (Å²) in [5.41, 5.74) is 1.52. The van der Waals surface area contributed by atoms with E-state index in [0.29, 0.717) is 11.1 Å². The van der Waals surface area contributed by atoms with Crippen LogP contribution < -0.4 is 4.74 Å². The predicted octanol–water partition coefficient (Wildman–Crippen LogP) is 3.09. The van der Waals surface area contributed by atoms with Crippen LogP contribution in [0.25, 0.3) is 10.8 Å². The largest absolute Gasteiger partial charge is 0.507 e. The number of fused-ring (bicyclic) bond motifs is 1. The van der Waals surface area contributed by atoms with Gasteiger partial charge >= 0.3 is 5.97 Å². The lowest BCUT2D eigenvalue weighted by atomic mass is 9.99. The topological polar surface area (TPSA) is 46.5 Å². The van der Waals surface area contributed by atoms with Crippen LogP contribution in [0.5, 0.6) is 11.5 Å². The fourth-order valence-electron chi connectivity index (χ4n) is 1.91. The number of carbonyl (C=O) groups is 1. The third-order valence-corrected chi connectivity index (χ3v) is 2.93. The first kappa shape index (κ1) is 11.5. The van der Waals surface area contributed by atoms with Crippen molar-refractivity contribution in [2.75, 3.05) is 0 Å². The minimum absolute atomic E-state index is 0.244. The molecule has 0 fully saturated rings. The number of benzene rings is 2. The fraction of sp³-hybridized carbons (Fsp3) is 0.214. The van der Waals surface area contributed by atoms with E-state index in [-0.39, 0.29) is 11.7 Å². The Kier molecular flexibility index (Phi) is 2.76. The average Bonchev–Trinajstić information content (AvgIpc) is 2.31. The molecule has 2 rings (SSSR count). The maximum absolute atomic E-state index is 11.1. The van der Waals surface area contributed by atoms with Crippen LogP contribution in [0.1, 0.15) is 18.1 Å². The molecule has 88 valence electrons. The molecular formula is C14H14O3. The SMILES string of the molecule is CC(=O)Oc1c(C)c(C)c(O)c2ccccc12. The molecule has 0 aromatic heterocycles. The molecule has 0 bridgehead atoms. The summed E-state index contributed by atoms with van der Waals surface area (Å²) in [6.07, 6.45) is 0. The summed E-state index contributed by atoms with van der Waals surface area (Å²) in [4.78, 5) is 11.1. The van der Waals surface area contributed by atoms with Gasteiger partial charge < -0.3 is 9.84 Å². The van der Waals surface area contributed by atoms with Gasteiger partial charge in [0, 0.05) is 17.7 Å². The number of phenolic OH excluding ortho intramolecular Hbond substituents is 1. The van der Waals surface area contributed by atoms with Gasteiger partial charge in [0.2, 0.25) is 0 Å². The van der Waals surface area contributed by atoms with Crippen molar-refractivity contribution in [1.82, 2.24) is 0 Å². The normalized spacial score (nSPS) is 10.5. The van der Waals surface area contributed by atoms with E-state index in [2.05, 4.69) is 0 Å². The van der Waals surface area contributed by atoms with Crippen LogP contribution in [0, 0.1) is 13.8 Å². The summed E-state index contributed by atoms with van der Waals surface area (Å²) in [7, 11) is 0. The maximum Gasteiger partial charge on any atom is 0.308 e. The summed E-state index contributed by atoms with van der Waals surface area (Å²) < 4.78 is 5.24. The van der Waals surface area contributed by atoms with Crippen molar-refractivity contribution in [3.8, 4) is 11.5 Å². The van der Waals surface area contributed by atoms with Crippen molar-refractivity contribution in [2.45, 2.75) is 20.8 Å². The van der Waals surface area contributed by atoms with E-state index in [9.17, 15) is 9.90 Å². The predicted molar refractivity (Wildman–Crippen MR) is 66.4 cm³/mol. The van der Waals surface area contributed by atoms with Gasteiger partial charge in [0.15, 0.2) is 0 Å². The number of aromatic hydroxyl groups is 1. The minimum Gasteiger partial charge on any atom is -0.507 e. The van der Waals surface area contributed by atoms with Crippen LogP contribution in [0.15, 0.2) is 24.3 Å². The van der Waals surface area contributed by atoms with Crippen molar-refractivity contribution in [3.63, 3.8) is 0 Å². The first-order chi connectivity index (χ1) is 8.02. The average molecular weight is 230 g/mol. The third-order valence-electron chi connectivity index (χ3n) is 2.93. The number of carbonyl (C=O) groups excluding carboxylic acids is 1. The summed E-state index contributed by atoms with van der Waals surface area (Å²) in [6.45, 7) is 5.01. The summed E-state index contributed by atoms with van der Waals surface area (Å²) >= 11 is 0. The molecule has 0 atom stereocenters. The van der Waals surface area contributed by atoms with Crippen LogP contribution in [-0.2, 0) is 4.79 Å². The first-order valence-corrected chi connectivity index (χ1v) is 5.41.